The number of nitrogens with zero attached hydrogens (tertiary/aromatic N) is 1. The third-order valence-corrected chi connectivity index (χ3v) is 7.29. The molecule has 0 N–H and O–H groups in total. The van der Waals surface area contributed by atoms with Crippen molar-refractivity contribution in [2.24, 2.45) is 0 Å². The minimum atomic E-state index is -0.622. The Bertz CT molecular complexity index is 1540. The Labute approximate surface area is 222 Å². The summed E-state index contributed by atoms with van der Waals surface area (Å²) in [5.74, 6) is 1.01. The molecule has 0 saturated heterocycles. The first-order valence-corrected chi connectivity index (χ1v) is 13.2. The van der Waals surface area contributed by atoms with E-state index in [2.05, 4.69) is 6.92 Å². The molecule has 38 heavy (non-hydrogen) atoms. The summed E-state index contributed by atoms with van der Waals surface area (Å²) >= 11 is 0. The molecule has 1 aliphatic rings. The summed E-state index contributed by atoms with van der Waals surface area (Å²) in [6, 6.07) is 18.5. The molecular weight excluding hydrogens is 478 g/mol. The first-order chi connectivity index (χ1) is 18.4. The van der Waals surface area contributed by atoms with E-state index in [1.54, 1.807) is 12.0 Å². The van der Waals surface area contributed by atoms with E-state index in [0.29, 0.717) is 41.2 Å². The number of ether oxygens (including phenoxy) is 2. The molecule has 1 aliphatic heterocycles. The molecule has 6 nitrogen and oxygen atoms in total. The van der Waals surface area contributed by atoms with Gasteiger partial charge in [0.2, 0.25) is 5.76 Å². The monoisotopic (exact) mass is 511 g/mol. The fourth-order valence-electron chi connectivity index (χ4n) is 5.07. The van der Waals surface area contributed by atoms with Crippen LogP contribution in [0.3, 0.4) is 0 Å². The van der Waals surface area contributed by atoms with Crippen LogP contribution in [0.5, 0.6) is 11.5 Å². The van der Waals surface area contributed by atoms with E-state index in [0.717, 1.165) is 41.5 Å². The highest BCUT2D eigenvalue weighted by Crippen LogP contribution is 2.42. The molecule has 2 heterocycles. The number of hydrogen-bond donors (Lipinski definition) is 0. The summed E-state index contributed by atoms with van der Waals surface area (Å²) < 4.78 is 17.8. The van der Waals surface area contributed by atoms with Gasteiger partial charge >= 0.3 is 0 Å². The van der Waals surface area contributed by atoms with Gasteiger partial charge in [0.25, 0.3) is 5.91 Å². The van der Waals surface area contributed by atoms with Crippen LogP contribution in [0.2, 0.25) is 0 Å². The Morgan fingerprint density at radius 2 is 1.68 bits per heavy atom. The molecule has 1 aromatic heterocycles. The van der Waals surface area contributed by atoms with Crippen molar-refractivity contribution in [1.29, 1.82) is 0 Å². The van der Waals surface area contributed by atoms with Gasteiger partial charge in [-0.15, -0.1) is 0 Å². The Kier molecular flexibility index (Phi) is 7.23. The summed E-state index contributed by atoms with van der Waals surface area (Å²) in [5.41, 5.74) is 4.34. The van der Waals surface area contributed by atoms with Gasteiger partial charge in [0.1, 0.15) is 5.58 Å². The van der Waals surface area contributed by atoms with Crippen LogP contribution in [0.25, 0.3) is 11.0 Å². The second-order valence-electron chi connectivity index (χ2n) is 9.89. The van der Waals surface area contributed by atoms with Gasteiger partial charge in [-0.25, -0.2) is 0 Å². The van der Waals surface area contributed by atoms with Crippen LogP contribution in [-0.2, 0) is 6.54 Å². The Hall–Kier alpha value is -4.06. The fourth-order valence-corrected chi connectivity index (χ4v) is 5.07. The normalized spacial score (nSPS) is 14.7. The van der Waals surface area contributed by atoms with Crippen LogP contribution in [-0.4, -0.2) is 24.5 Å². The number of fused-ring (bicyclic) bond motifs is 2. The van der Waals surface area contributed by atoms with Crippen molar-refractivity contribution in [3.63, 3.8) is 0 Å². The number of aryl methyl sites for hydroxylation is 2. The average Bonchev–Trinajstić information content (AvgIpc) is 3.20. The summed E-state index contributed by atoms with van der Waals surface area (Å²) in [4.78, 5) is 29.4. The van der Waals surface area contributed by atoms with Gasteiger partial charge < -0.3 is 18.8 Å². The second-order valence-corrected chi connectivity index (χ2v) is 9.89. The van der Waals surface area contributed by atoms with Crippen molar-refractivity contribution in [2.45, 2.75) is 52.6 Å². The summed E-state index contributed by atoms with van der Waals surface area (Å²) in [6.07, 6.45) is 3.17. The maximum absolute atomic E-state index is 13.9. The third-order valence-electron chi connectivity index (χ3n) is 7.29. The molecule has 1 atom stereocenters. The van der Waals surface area contributed by atoms with Crippen LogP contribution < -0.4 is 14.9 Å². The predicted octanol–water partition coefficient (Wildman–Crippen LogP) is 6.73. The molecule has 6 heteroatoms. The lowest BCUT2D eigenvalue weighted by Gasteiger charge is -2.26. The molecule has 0 spiro atoms. The van der Waals surface area contributed by atoms with E-state index in [9.17, 15) is 9.59 Å². The quantitative estimate of drug-likeness (QED) is 0.233. The third kappa shape index (κ3) is 4.67. The minimum Gasteiger partial charge on any atom is -0.493 e. The molecule has 0 radical (unpaired) electrons. The van der Waals surface area contributed by atoms with E-state index < -0.39 is 6.04 Å². The van der Waals surface area contributed by atoms with Gasteiger partial charge in [-0.1, -0.05) is 56.2 Å². The van der Waals surface area contributed by atoms with E-state index in [-0.39, 0.29) is 17.1 Å². The maximum Gasteiger partial charge on any atom is 0.291 e. The van der Waals surface area contributed by atoms with Crippen molar-refractivity contribution < 1.29 is 18.7 Å². The summed E-state index contributed by atoms with van der Waals surface area (Å²) in [7, 11) is 1.60. The molecule has 196 valence electrons. The highest BCUT2D eigenvalue weighted by atomic mass is 16.5. The van der Waals surface area contributed by atoms with Gasteiger partial charge in [0.15, 0.2) is 16.9 Å². The van der Waals surface area contributed by atoms with E-state index in [1.807, 2.05) is 74.5 Å². The second kappa shape index (κ2) is 10.7. The topological polar surface area (TPSA) is 69.0 Å². The number of benzene rings is 3. The van der Waals surface area contributed by atoms with Crippen LogP contribution in [0.4, 0.5) is 0 Å². The minimum absolute atomic E-state index is 0.102. The Balaban J connectivity index is 1.64. The standard InChI is InChI=1S/C32H33NO5/c1-5-6-10-15-37-25-14-13-23(18-27(25)36-4)29-28-30(34)24-16-20(2)21(3)17-26(24)38-31(28)32(35)33(29)19-22-11-8-7-9-12-22/h7-9,11-14,16-18,29H,5-6,10,15,19H2,1-4H3. The molecule has 0 aliphatic carbocycles. The van der Waals surface area contributed by atoms with Crippen LogP contribution in [0, 0.1) is 13.8 Å². The summed E-state index contributed by atoms with van der Waals surface area (Å²) in [6.45, 7) is 7.02. The lowest BCUT2D eigenvalue weighted by molar-refractivity contribution is 0.0714. The molecule has 5 rings (SSSR count). The molecule has 1 amide bonds. The zero-order valence-electron chi connectivity index (χ0n) is 22.4. The van der Waals surface area contributed by atoms with Crippen molar-refractivity contribution in [3.05, 3.63) is 104 Å². The molecule has 3 aromatic carbocycles. The van der Waals surface area contributed by atoms with Crippen molar-refractivity contribution in [1.82, 2.24) is 4.90 Å². The van der Waals surface area contributed by atoms with Gasteiger partial charge in [0.05, 0.1) is 30.7 Å². The predicted molar refractivity (Wildman–Crippen MR) is 148 cm³/mol. The number of rotatable bonds is 9. The van der Waals surface area contributed by atoms with Gasteiger partial charge in [-0.3, -0.25) is 9.59 Å². The van der Waals surface area contributed by atoms with Crippen molar-refractivity contribution in [2.75, 3.05) is 13.7 Å². The molecule has 1 unspecified atom stereocenters. The zero-order valence-corrected chi connectivity index (χ0v) is 22.4. The molecule has 0 bridgehead atoms. The van der Waals surface area contributed by atoms with Gasteiger partial charge in [-0.2, -0.15) is 0 Å². The number of carbonyl (C=O) groups is 1. The molecular formula is C32H33NO5. The first-order valence-electron chi connectivity index (χ1n) is 13.2. The number of carbonyl (C=O) groups excluding carboxylic acids is 1. The van der Waals surface area contributed by atoms with Crippen LogP contribution in [0.15, 0.2) is 69.9 Å². The molecule has 0 fully saturated rings. The number of amides is 1. The average molecular weight is 512 g/mol. The summed E-state index contributed by atoms with van der Waals surface area (Å²) in [5, 5.41) is 0.481. The zero-order chi connectivity index (χ0) is 26.8. The first kappa shape index (κ1) is 25.6. The van der Waals surface area contributed by atoms with E-state index in [1.165, 1.54) is 0 Å². The lowest BCUT2D eigenvalue weighted by atomic mass is 9.97. The van der Waals surface area contributed by atoms with E-state index >= 15 is 0 Å². The van der Waals surface area contributed by atoms with E-state index in [4.69, 9.17) is 13.9 Å². The largest absolute Gasteiger partial charge is 0.493 e. The number of methoxy groups -OCH3 is 1. The van der Waals surface area contributed by atoms with Crippen molar-refractivity contribution in [3.8, 4) is 11.5 Å². The van der Waals surface area contributed by atoms with Gasteiger partial charge in [0, 0.05) is 6.54 Å². The smallest absolute Gasteiger partial charge is 0.291 e. The molecule has 4 aromatic rings. The number of hydrogen-bond acceptors (Lipinski definition) is 5. The highest BCUT2D eigenvalue weighted by molar-refractivity contribution is 5.99. The van der Waals surface area contributed by atoms with Crippen LogP contribution in [0.1, 0.15) is 70.6 Å². The highest BCUT2D eigenvalue weighted by Gasteiger charge is 2.43. The Morgan fingerprint density at radius 3 is 2.42 bits per heavy atom. The van der Waals surface area contributed by atoms with Crippen LogP contribution >= 0.6 is 0 Å². The number of unbranched alkanes of at least 4 members (excludes halogenated alkanes) is 2. The lowest BCUT2D eigenvalue weighted by Crippen LogP contribution is -2.29. The molecule has 0 saturated carbocycles. The van der Waals surface area contributed by atoms with Crippen molar-refractivity contribution >= 4 is 16.9 Å². The SMILES string of the molecule is CCCCCOc1ccc(C2c3c(oc4cc(C)c(C)cc4c3=O)C(=O)N2Cc2ccccc2)cc1OC. The maximum atomic E-state index is 13.9. The Morgan fingerprint density at radius 1 is 0.921 bits per heavy atom. The fraction of sp³-hybridized carbons (Fsp3) is 0.312. The van der Waals surface area contributed by atoms with Gasteiger partial charge in [-0.05, 0) is 66.8 Å².